The van der Waals surface area contributed by atoms with Crippen molar-refractivity contribution in [3.05, 3.63) is 95.6 Å². The van der Waals surface area contributed by atoms with Crippen molar-refractivity contribution in [3.63, 3.8) is 0 Å². The average molecular weight is 412 g/mol. The summed E-state index contributed by atoms with van der Waals surface area (Å²) in [7, 11) is 0. The molecule has 0 amide bonds. The normalized spacial score (nSPS) is 12.5. The Labute approximate surface area is 183 Å². The van der Waals surface area contributed by atoms with Gasteiger partial charge >= 0.3 is 0 Å². The summed E-state index contributed by atoms with van der Waals surface area (Å²) >= 11 is 0. The molecule has 1 aromatic heterocycles. The SMILES string of the molecule is CC(C)c1cc(-c2ccc(F)cc2)cc(C(C)C)c1-n1cc[n+]2c1-c1ccccc1C2. The van der Waals surface area contributed by atoms with Crippen molar-refractivity contribution < 1.29 is 8.96 Å². The summed E-state index contributed by atoms with van der Waals surface area (Å²) in [5.41, 5.74) is 8.78. The van der Waals surface area contributed by atoms with Gasteiger partial charge in [0.15, 0.2) is 0 Å². The van der Waals surface area contributed by atoms with Crippen LogP contribution in [-0.4, -0.2) is 4.57 Å². The maximum Gasteiger partial charge on any atom is 0.294 e. The minimum Gasteiger partial charge on any atom is -0.225 e. The Morgan fingerprint density at radius 3 is 2.13 bits per heavy atom. The Hall–Kier alpha value is -3.20. The highest BCUT2D eigenvalue weighted by Crippen LogP contribution is 2.38. The van der Waals surface area contributed by atoms with E-state index in [4.69, 9.17) is 0 Å². The van der Waals surface area contributed by atoms with E-state index in [1.165, 1.54) is 33.8 Å². The van der Waals surface area contributed by atoms with Gasteiger partial charge in [-0.1, -0.05) is 58.0 Å². The van der Waals surface area contributed by atoms with Crippen LogP contribution in [0.2, 0.25) is 0 Å². The summed E-state index contributed by atoms with van der Waals surface area (Å²) in [5, 5.41) is 0. The largest absolute Gasteiger partial charge is 0.294 e. The second kappa shape index (κ2) is 7.49. The fourth-order valence-corrected chi connectivity index (χ4v) is 4.73. The van der Waals surface area contributed by atoms with Gasteiger partial charge in [0, 0.05) is 16.7 Å². The third-order valence-electron chi connectivity index (χ3n) is 6.33. The van der Waals surface area contributed by atoms with Gasteiger partial charge in [0.2, 0.25) is 0 Å². The topological polar surface area (TPSA) is 8.81 Å². The van der Waals surface area contributed by atoms with Crippen LogP contribution in [0.25, 0.3) is 28.2 Å². The molecule has 2 nitrogen and oxygen atoms in total. The fraction of sp³-hybridized carbons (Fsp3) is 0.250. The van der Waals surface area contributed by atoms with E-state index in [0.29, 0.717) is 11.8 Å². The number of fused-ring (bicyclic) bond motifs is 3. The Balaban J connectivity index is 1.77. The molecular formula is C28H28FN2+. The van der Waals surface area contributed by atoms with E-state index in [9.17, 15) is 4.39 Å². The van der Waals surface area contributed by atoms with Crippen molar-refractivity contribution in [2.45, 2.75) is 46.1 Å². The second-order valence-corrected chi connectivity index (χ2v) is 9.10. The lowest BCUT2D eigenvalue weighted by molar-refractivity contribution is -0.671. The zero-order valence-electron chi connectivity index (χ0n) is 18.6. The molecule has 0 atom stereocenters. The van der Waals surface area contributed by atoms with Crippen molar-refractivity contribution in [3.8, 4) is 28.2 Å². The quantitative estimate of drug-likeness (QED) is 0.286. The number of halogens is 1. The van der Waals surface area contributed by atoms with Crippen molar-refractivity contribution in [1.82, 2.24) is 4.57 Å². The predicted molar refractivity (Wildman–Crippen MR) is 124 cm³/mol. The Morgan fingerprint density at radius 1 is 0.839 bits per heavy atom. The molecule has 0 unspecified atom stereocenters. The summed E-state index contributed by atoms with van der Waals surface area (Å²) in [4.78, 5) is 0. The highest BCUT2D eigenvalue weighted by molar-refractivity contribution is 5.71. The Kier molecular flexibility index (Phi) is 4.77. The zero-order chi connectivity index (χ0) is 21.7. The molecule has 0 saturated heterocycles. The first-order valence-electron chi connectivity index (χ1n) is 11.1. The average Bonchev–Trinajstić information content (AvgIpc) is 3.32. The Morgan fingerprint density at radius 2 is 1.48 bits per heavy atom. The first-order valence-corrected chi connectivity index (χ1v) is 11.1. The minimum absolute atomic E-state index is 0.202. The molecule has 156 valence electrons. The number of rotatable bonds is 4. The standard InChI is InChI=1S/C28H28FN2/c1-18(2)25-15-22(20-9-11-23(29)12-10-20)16-26(19(3)4)27(25)31-14-13-30-17-21-7-5-6-8-24(21)28(30)31/h5-16,18-19H,17H2,1-4H3/q+1. The molecule has 0 fully saturated rings. The zero-order valence-corrected chi connectivity index (χ0v) is 18.6. The second-order valence-electron chi connectivity index (χ2n) is 9.10. The van der Waals surface area contributed by atoms with Crippen molar-refractivity contribution >= 4 is 0 Å². The molecule has 0 N–H and O–H groups in total. The first kappa shape index (κ1) is 19.7. The number of benzene rings is 3. The van der Waals surface area contributed by atoms with Crippen molar-refractivity contribution in [1.29, 1.82) is 0 Å². The van der Waals surface area contributed by atoms with E-state index in [1.54, 1.807) is 12.1 Å². The van der Waals surface area contributed by atoms with Crippen LogP contribution >= 0.6 is 0 Å². The van der Waals surface area contributed by atoms with Crippen LogP contribution in [0.1, 0.15) is 56.2 Å². The molecule has 0 saturated carbocycles. The van der Waals surface area contributed by atoms with Gasteiger partial charge in [-0.3, -0.25) is 0 Å². The van der Waals surface area contributed by atoms with E-state index in [-0.39, 0.29) is 5.82 Å². The fourth-order valence-electron chi connectivity index (χ4n) is 4.73. The minimum atomic E-state index is -0.202. The number of imidazole rings is 1. The van der Waals surface area contributed by atoms with Gasteiger partial charge in [0.1, 0.15) is 30.4 Å². The van der Waals surface area contributed by atoms with Crippen LogP contribution in [0.5, 0.6) is 0 Å². The van der Waals surface area contributed by atoms with Crippen LogP contribution in [0.15, 0.2) is 73.1 Å². The molecule has 0 radical (unpaired) electrons. The lowest BCUT2D eigenvalue weighted by Gasteiger charge is -2.20. The van der Waals surface area contributed by atoms with Crippen molar-refractivity contribution in [2.75, 3.05) is 0 Å². The summed E-state index contributed by atoms with van der Waals surface area (Å²) in [6.45, 7) is 9.93. The summed E-state index contributed by atoms with van der Waals surface area (Å²) in [6, 6.07) is 20.1. The van der Waals surface area contributed by atoms with E-state index >= 15 is 0 Å². The highest BCUT2D eigenvalue weighted by atomic mass is 19.1. The molecule has 0 bridgehead atoms. The molecule has 2 heterocycles. The number of hydrogen-bond donors (Lipinski definition) is 0. The molecule has 0 aliphatic carbocycles. The lowest BCUT2D eigenvalue weighted by atomic mass is 9.88. The number of hydrogen-bond acceptors (Lipinski definition) is 0. The first-order chi connectivity index (χ1) is 14.9. The van der Waals surface area contributed by atoms with Crippen LogP contribution in [0, 0.1) is 5.82 Å². The van der Waals surface area contributed by atoms with Crippen LogP contribution in [0.3, 0.4) is 0 Å². The number of nitrogens with zero attached hydrogens (tertiary/aromatic N) is 2. The van der Waals surface area contributed by atoms with Gasteiger partial charge in [-0.05, 0) is 53.3 Å². The van der Waals surface area contributed by atoms with Gasteiger partial charge < -0.3 is 0 Å². The van der Waals surface area contributed by atoms with Crippen molar-refractivity contribution in [2.24, 2.45) is 0 Å². The van der Waals surface area contributed by atoms with Gasteiger partial charge in [-0.2, -0.15) is 4.57 Å². The maximum atomic E-state index is 13.5. The molecule has 5 rings (SSSR count). The van der Waals surface area contributed by atoms with Gasteiger partial charge in [0.05, 0.1) is 5.56 Å². The molecular weight excluding hydrogens is 383 g/mol. The van der Waals surface area contributed by atoms with Gasteiger partial charge in [0.25, 0.3) is 5.82 Å². The molecule has 0 spiro atoms. The molecule has 4 aromatic rings. The monoisotopic (exact) mass is 411 g/mol. The lowest BCUT2D eigenvalue weighted by Crippen LogP contribution is -2.30. The summed E-state index contributed by atoms with van der Waals surface area (Å²) in [5.74, 6) is 1.75. The molecule has 1 aliphatic rings. The third kappa shape index (κ3) is 3.29. The van der Waals surface area contributed by atoms with Gasteiger partial charge in [-0.15, -0.1) is 0 Å². The molecule has 3 heteroatoms. The van der Waals surface area contributed by atoms with Crippen LogP contribution in [0.4, 0.5) is 4.39 Å². The van der Waals surface area contributed by atoms with Crippen LogP contribution < -0.4 is 4.57 Å². The molecule has 31 heavy (non-hydrogen) atoms. The van der Waals surface area contributed by atoms with E-state index in [2.05, 4.69) is 85.6 Å². The maximum absolute atomic E-state index is 13.5. The summed E-state index contributed by atoms with van der Waals surface area (Å²) < 4.78 is 18.2. The smallest absolute Gasteiger partial charge is 0.225 e. The Bertz CT molecular complexity index is 1230. The van der Waals surface area contributed by atoms with Crippen LogP contribution in [-0.2, 0) is 6.54 Å². The highest BCUT2D eigenvalue weighted by Gasteiger charge is 2.32. The number of aromatic nitrogens is 2. The van der Waals surface area contributed by atoms with E-state index in [0.717, 1.165) is 17.7 Å². The third-order valence-corrected chi connectivity index (χ3v) is 6.33. The van der Waals surface area contributed by atoms with Gasteiger partial charge in [-0.25, -0.2) is 8.96 Å². The predicted octanol–water partition coefficient (Wildman–Crippen LogP) is 6.85. The molecule has 3 aromatic carbocycles. The summed E-state index contributed by atoms with van der Waals surface area (Å²) in [6.07, 6.45) is 4.40. The van der Waals surface area contributed by atoms with E-state index in [1.807, 2.05) is 12.1 Å². The molecule has 1 aliphatic heterocycles. The van der Waals surface area contributed by atoms with E-state index < -0.39 is 0 Å².